The minimum absolute atomic E-state index is 0.248. The van der Waals surface area contributed by atoms with E-state index in [1.54, 1.807) is 0 Å². The fourth-order valence-electron chi connectivity index (χ4n) is 2.13. The van der Waals surface area contributed by atoms with Crippen molar-refractivity contribution in [2.24, 2.45) is 11.8 Å². The lowest BCUT2D eigenvalue weighted by molar-refractivity contribution is 0.189. The number of aliphatic hydroxyl groups is 1. The average Bonchev–Trinajstić information content (AvgIpc) is 2.64. The van der Waals surface area contributed by atoms with Crippen LogP contribution in [0.1, 0.15) is 25.2 Å². The van der Waals surface area contributed by atoms with Crippen LogP contribution < -0.4 is 0 Å². The van der Waals surface area contributed by atoms with Gasteiger partial charge >= 0.3 is 0 Å². The maximum absolute atomic E-state index is 9.35. The van der Waals surface area contributed by atoms with Crippen molar-refractivity contribution in [3.63, 3.8) is 0 Å². The van der Waals surface area contributed by atoms with Crippen molar-refractivity contribution in [3.8, 4) is 0 Å². The van der Waals surface area contributed by atoms with E-state index in [1.807, 2.05) is 13.0 Å². The van der Waals surface area contributed by atoms with E-state index in [0.717, 1.165) is 23.3 Å². The Kier molecular flexibility index (Phi) is 3.48. The number of H-pyrrole nitrogens is 1. The molecule has 0 amide bonds. The SMILES string of the molecule is Cc1nc2ccc(CC(CO)C(C)C)cc2[nH]1. The second-order valence-corrected chi connectivity index (χ2v) is 5.06. The number of nitrogens with zero attached hydrogens (tertiary/aromatic N) is 1. The van der Waals surface area contributed by atoms with Gasteiger partial charge in [-0.15, -0.1) is 0 Å². The first-order valence-electron chi connectivity index (χ1n) is 6.16. The molecule has 0 bridgehead atoms. The number of benzene rings is 1. The highest BCUT2D eigenvalue weighted by molar-refractivity contribution is 5.75. The van der Waals surface area contributed by atoms with Gasteiger partial charge in [0, 0.05) is 6.61 Å². The third-order valence-corrected chi connectivity index (χ3v) is 3.34. The Labute approximate surface area is 102 Å². The Hall–Kier alpha value is -1.35. The molecule has 2 N–H and O–H groups in total. The van der Waals surface area contributed by atoms with Gasteiger partial charge < -0.3 is 10.1 Å². The van der Waals surface area contributed by atoms with E-state index < -0.39 is 0 Å². The zero-order valence-corrected chi connectivity index (χ0v) is 10.7. The predicted molar refractivity (Wildman–Crippen MR) is 69.9 cm³/mol. The number of aliphatic hydroxyl groups excluding tert-OH is 1. The van der Waals surface area contributed by atoms with Gasteiger partial charge in [0.1, 0.15) is 5.82 Å². The van der Waals surface area contributed by atoms with Crippen molar-refractivity contribution in [3.05, 3.63) is 29.6 Å². The summed E-state index contributed by atoms with van der Waals surface area (Å²) in [6.07, 6.45) is 0.919. The molecule has 2 rings (SSSR count). The largest absolute Gasteiger partial charge is 0.396 e. The van der Waals surface area contributed by atoms with E-state index in [2.05, 4.69) is 35.9 Å². The molecule has 1 heterocycles. The highest BCUT2D eigenvalue weighted by Crippen LogP contribution is 2.20. The number of rotatable bonds is 4. The van der Waals surface area contributed by atoms with Crippen molar-refractivity contribution < 1.29 is 5.11 Å². The Bertz CT molecular complexity index is 502. The number of aromatic amines is 1. The van der Waals surface area contributed by atoms with E-state index in [4.69, 9.17) is 0 Å². The summed E-state index contributed by atoms with van der Waals surface area (Å²) in [5, 5.41) is 9.35. The standard InChI is InChI=1S/C14H20N2O/c1-9(2)12(8-17)6-11-4-5-13-14(7-11)16-10(3)15-13/h4-5,7,9,12,17H,6,8H2,1-3H3,(H,15,16). The summed E-state index contributed by atoms with van der Waals surface area (Å²) in [7, 11) is 0. The molecule has 1 unspecified atom stereocenters. The van der Waals surface area contributed by atoms with Gasteiger partial charge in [-0.25, -0.2) is 4.98 Å². The van der Waals surface area contributed by atoms with Gasteiger partial charge in [0.25, 0.3) is 0 Å². The Morgan fingerprint density at radius 1 is 1.35 bits per heavy atom. The van der Waals surface area contributed by atoms with Gasteiger partial charge in [0.2, 0.25) is 0 Å². The molecule has 0 saturated heterocycles. The molecule has 0 aliphatic heterocycles. The van der Waals surface area contributed by atoms with Crippen LogP contribution in [0, 0.1) is 18.8 Å². The van der Waals surface area contributed by atoms with E-state index in [1.165, 1.54) is 5.56 Å². The molecule has 2 aromatic rings. The fourth-order valence-corrected chi connectivity index (χ4v) is 2.13. The summed E-state index contributed by atoms with van der Waals surface area (Å²) in [5.74, 6) is 1.77. The fraction of sp³-hybridized carbons (Fsp3) is 0.500. The molecule has 1 aromatic heterocycles. The van der Waals surface area contributed by atoms with Gasteiger partial charge in [-0.05, 0) is 42.9 Å². The molecule has 0 aliphatic rings. The average molecular weight is 232 g/mol. The summed E-state index contributed by atoms with van der Waals surface area (Å²) < 4.78 is 0. The van der Waals surface area contributed by atoms with Crippen molar-refractivity contribution in [2.45, 2.75) is 27.2 Å². The molecule has 17 heavy (non-hydrogen) atoms. The number of hydrogen-bond acceptors (Lipinski definition) is 2. The summed E-state index contributed by atoms with van der Waals surface area (Å²) >= 11 is 0. The lowest BCUT2D eigenvalue weighted by Crippen LogP contribution is -2.16. The highest BCUT2D eigenvalue weighted by Gasteiger charge is 2.13. The Morgan fingerprint density at radius 2 is 2.12 bits per heavy atom. The van der Waals surface area contributed by atoms with E-state index in [-0.39, 0.29) is 6.61 Å². The van der Waals surface area contributed by atoms with Crippen molar-refractivity contribution in [1.29, 1.82) is 0 Å². The smallest absolute Gasteiger partial charge is 0.104 e. The second kappa shape index (κ2) is 4.88. The van der Waals surface area contributed by atoms with Crippen molar-refractivity contribution in [2.75, 3.05) is 6.61 Å². The second-order valence-electron chi connectivity index (χ2n) is 5.06. The molecule has 0 aliphatic carbocycles. The van der Waals surface area contributed by atoms with Gasteiger partial charge in [-0.3, -0.25) is 0 Å². The molecule has 0 saturated carbocycles. The lowest BCUT2D eigenvalue weighted by atomic mass is 9.90. The number of imidazole rings is 1. The van der Waals surface area contributed by atoms with Crippen LogP contribution in [-0.2, 0) is 6.42 Å². The number of hydrogen-bond donors (Lipinski definition) is 2. The molecular weight excluding hydrogens is 212 g/mol. The third-order valence-electron chi connectivity index (χ3n) is 3.34. The predicted octanol–water partition coefficient (Wildman–Crippen LogP) is 2.68. The first-order chi connectivity index (χ1) is 8.10. The monoisotopic (exact) mass is 232 g/mol. The minimum atomic E-state index is 0.248. The van der Waals surface area contributed by atoms with Crippen LogP contribution in [0.25, 0.3) is 11.0 Å². The van der Waals surface area contributed by atoms with Crippen LogP contribution in [0.15, 0.2) is 18.2 Å². The first-order valence-corrected chi connectivity index (χ1v) is 6.16. The molecule has 0 fully saturated rings. The zero-order valence-electron chi connectivity index (χ0n) is 10.7. The normalized spacial score (nSPS) is 13.5. The van der Waals surface area contributed by atoms with Crippen molar-refractivity contribution >= 4 is 11.0 Å². The van der Waals surface area contributed by atoms with Gasteiger partial charge in [0.15, 0.2) is 0 Å². The maximum atomic E-state index is 9.35. The number of aryl methyl sites for hydroxylation is 1. The van der Waals surface area contributed by atoms with Crippen LogP contribution in [0.4, 0.5) is 0 Å². The zero-order chi connectivity index (χ0) is 12.4. The van der Waals surface area contributed by atoms with Crippen molar-refractivity contribution in [1.82, 2.24) is 9.97 Å². The molecule has 92 valence electrons. The number of aromatic nitrogens is 2. The molecule has 1 atom stereocenters. The molecule has 3 nitrogen and oxygen atoms in total. The molecule has 3 heteroatoms. The van der Waals surface area contributed by atoms with Crippen LogP contribution in [0.2, 0.25) is 0 Å². The third kappa shape index (κ3) is 2.67. The first kappa shape index (κ1) is 12.1. The quantitative estimate of drug-likeness (QED) is 0.851. The minimum Gasteiger partial charge on any atom is -0.396 e. The van der Waals surface area contributed by atoms with Crippen LogP contribution >= 0.6 is 0 Å². The van der Waals surface area contributed by atoms with Gasteiger partial charge in [0.05, 0.1) is 11.0 Å². The van der Waals surface area contributed by atoms with Gasteiger partial charge in [-0.1, -0.05) is 19.9 Å². The summed E-state index contributed by atoms with van der Waals surface area (Å²) in [4.78, 5) is 7.63. The molecular formula is C14H20N2O. The highest BCUT2D eigenvalue weighted by atomic mass is 16.3. The maximum Gasteiger partial charge on any atom is 0.104 e. The molecule has 0 spiro atoms. The lowest BCUT2D eigenvalue weighted by Gasteiger charge is -2.17. The van der Waals surface area contributed by atoms with Crippen LogP contribution in [-0.4, -0.2) is 21.7 Å². The van der Waals surface area contributed by atoms with E-state index in [0.29, 0.717) is 11.8 Å². The summed E-state index contributed by atoms with van der Waals surface area (Å²) in [6, 6.07) is 6.29. The van der Waals surface area contributed by atoms with Gasteiger partial charge in [-0.2, -0.15) is 0 Å². The van der Waals surface area contributed by atoms with Crippen LogP contribution in [0.5, 0.6) is 0 Å². The number of fused-ring (bicyclic) bond motifs is 1. The summed E-state index contributed by atoms with van der Waals surface area (Å²) in [6.45, 7) is 6.52. The summed E-state index contributed by atoms with van der Waals surface area (Å²) in [5.41, 5.74) is 3.35. The van der Waals surface area contributed by atoms with E-state index >= 15 is 0 Å². The molecule has 0 radical (unpaired) electrons. The topological polar surface area (TPSA) is 48.9 Å². The molecule has 1 aromatic carbocycles. The number of nitrogens with one attached hydrogen (secondary N) is 1. The van der Waals surface area contributed by atoms with E-state index in [9.17, 15) is 5.11 Å². The Morgan fingerprint density at radius 3 is 2.76 bits per heavy atom. The van der Waals surface area contributed by atoms with Crippen LogP contribution in [0.3, 0.4) is 0 Å². The Balaban J connectivity index is 2.23.